The molecule has 2 N–H and O–H groups in total. The van der Waals surface area contributed by atoms with E-state index in [9.17, 15) is 18.4 Å². The molecule has 0 spiro atoms. The van der Waals surface area contributed by atoms with E-state index in [1.165, 1.54) is 0 Å². The zero-order valence-electron chi connectivity index (χ0n) is 17.4. The molecule has 0 saturated heterocycles. The Morgan fingerprint density at radius 3 is 2.31 bits per heavy atom. The average molecular weight is 438 g/mol. The lowest BCUT2D eigenvalue weighted by Gasteiger charge is -2.18. The van der Waals surface area contributed by atoms with Gasteiger partial charge in [0.25, 0.3) is 5.91 Å². The van der Waals surface area contributed by atoms with E-state index >= 15 is 0 Å². The lowest BCUT2D eigenvalue weighted by atomic mass is 10.0. The summed E-state index contributed by atoms with van der Waals surface area (Å²) >= 11 is 0. The summed E-state index contributed by atoms with van der Waals surface area (Å²) in [6, 6.07) is 14.2. The van der Waals surface area contributed by atoms with Crippen LogP contribution in [0.1, 0.15) is 29.8 Å². The minimum atomic E-state index is -1.18. The number of hydrogen-bond donors (Lipinski definition) is 2. The second-order valence-electron chi connectivity index (χ2n) is 7.91. The molecule has 0 radical (unpaired) electrons. The molecule has 8 heteroatoms. The summed E-state index contributed by atoms with van der Waals surface area (Å²) in [5.74, 6) is -1.49. The van der Waals surface area contributed by atoms with Gasteiger partial charge in [-0.25, -0.2) is 13.6 Å². The van der Waals surface area contributed by atoms with Crippen LogP contribution in [0.25, 0.3) is 0 Å². The predicted octanol–water partition coefficient (Wildman–Crippen LogP) is 5.43. The van der Waals surface area contributed by atoms with Gasteiger partial charge in [0, 0.05) is 17.7 Å². The van der Waals surface area contributed by atoms with Crippen molar-refractivity contribution in [3.05, 3.63) is 83.4 Å². The summed E-state index contributed by atoms with van der Waals surface area (Å²) in [6.07, 6.45) is 0.785. The van der Waals surface area contributed by atoms with Crippen LogP contribution < -0.4 is 20.1 Å². The number of anilines is 1. The van der Waals surface area contributed by atoms with E-state index in [-0.39, 0.29) is 5.60 Å². The highest BCUT2D eigenvalue weighted by atomic mass is 19.1. The molecule has 0 aliphatic carbocycles. The van der Waals surface area contributed by atoms with Crippen LogP contribution in [-0.2, 0) is 6.42 Å². The molecule has 6 nitrogen and oxygen atoms in total. The van der Waals surface area contributed by atoms with Crippen LogP contribution in [0.4, 0.5) is 19.3 Å². The Kier molecular flexibility index (Phi) is 5.52. The van der Waals surface area contributed by atoms with Crippen molar-refractivity contribution in [2.45, 2.75) is 25.9 Å². The number of carbonyl (C=O) groups is 2. The zero-order chi connectivity index (χ0) is 22.9. The van der Waals surface area contributed by atoms with E-state index in [0.29, 0.717) is 22.9 Å². The minimum Gasteiger partial charge on any atom is -0.483 e. The van der Waals surface area contributed by atoms with Gasteiger partial charge in [-0.2, -0.15) is 0 Å². The molecule has 1 aliphatic rings. The lowest BCUT2D eigenvalue weighted by Crippen LogP contribution is -2.35. The van der Waals surface area contributed by atoms with Crippen molar-refractivity contribution in [2.24, 2.45) is 0 Å². The molecule has 1 aliphatic heterocycles. The van der Waals surface area contributed by atoms with E-state index in [1.54, 1.807) is 24.3 Å². The van der Waals surface area contributed by atoms with Crippen molar-refractivity contribution in [3.63, 3.8) is 0 Å². The van der Waals surface area contributed by atoms with Crippen LogP contribution >= 0.6 is 0 Å². The van der Waals surface area contributed by atoms with Gasteiger partial charge in [-0.15, -0.1) is 0 Å². The molecule has 0 unspecified atom stereocenters. The minimum absolute atomic E-state index is 0.300. The molecular weight excluding hydrogens is 418 g/mol. The first-order valence-electron chi connectivity index (χ1n) is 9.87. The molecule has 1 heterocycles. The number of hydrogen-bond acceptors (Lipinski definition) is 4. The molecule has 3 amide bonds. The highest BCUT2D eigenvalue weighted by Crippen LogP contribution is 2.43. The van der Waals surface area contributed by atoms with Gasteiger partial charge in [0.1, 0.15) is 28.5 Å². The lowest BCUT2D eigenvalue weighted by molar-refractivity contribution is 0.0959. The number of carbonyl (C=O) groups excluding carboxylic acids is 2. The van der Waals surface area contributed by atoms with Crippen molar-refractivity contribution in [1.82, 2.24) is 5.32 Å². The summed E-state index contributed by atoms with van der Waals surface area (Å²) in [5.41, 5.74) is 0.296. The maximum absolute atomic E-state index is 13.7. The van der Waals surface area contributed by atoms with Crippen LogP contribution in [0, 0.1) is 11.6 Å². The van der Waals surface area contributed by atoms with Gasteiger partial charge < -0.3 is 14.8 Å². The zero-order valence-corrected chi connectivity index (χ0v) is 17.4. The fourth-order valence-corrected chi connectivity index (χ4v) is 3.44. The van der Waals surface area contributed by atoms with E-state index in [1.807, 2.05) is 37.4 Å². The summed E-state index contributed by atoms with van der Waals surface area (Å²) in [6.45, 7) is 4.02. The van der Waals surface area contributed by atoms with Crippen LogP contribution in [-0.4, -0.2) is 17.5 Å². The third-order valence-electron chi connectivity index (χ3n) is 4.81. The van der Waals surface area contributed by atoms with E-state index < -0.39 is 29.1 Å². The Morgan fingerprint density at radius 1 is 0.969 bits per heavy atom. The Morgan fingerprint density at radius 2 is 1.62 bits per heavy atom. The van der Waals surface area contributed by atoms with Gasteiger partial charge in [0.2, 0.25) is 0 Å². The molecule has 32 heavy (non-hydrogen) atoms. The summed E-state index contributed by atoms with van der Waals surface area (Å²) < 4.78 is 39.3. The van der Waals surface area contributed by atoms with Crippen LogP contribution in [0.2, 0.25) is 0 Å². The molecule has 0 atom stereocenters. The van der Waals surface area contributed by atoms with Gasteiger partial charge in [0.15, 0.2) is 11.5 Å². The maximum atomic E-state index is 13.7. The Bertz CT molecular complexity index is 1170. The number of nitrogens with one attached hydrogen (secondary N) is 2. The Balaban J connectivity index is 1.39. The van der Waals surface area contributed by atoms with Crippen molar-refractivity contribution in [1.29, 1.82) is 0 Å². The highest BCUT2D eigenvalue weighted by Gasteiger charge is 2.32. The maximum Gasteiger partial charge on any atom is 0.326 e. The largest absolute Gasteiger partial charge is 0.483 e. The molecule has 0 saturated carbocycles. The molecular formula is C24H20F2N2O4. The molecule has 164 valence electrons. The Hall–Kier alpha value is -3.94. The van der Waals surface area contributed by atoms with Crippen molar-refractivity contribution < 1.29 is 27.8 Å². The number of urea groups is 1. The first kappa shape index (κ1) is 21.3. The fraction of sp³-hybridized carbons (Fsp3) is 0.167. The third kappa shape index (κ3) is 4.54. The summed E-state index contributed by atoms with van der Waals surface area (Å²) in [5, 5.41) is 4.33. The second-order valence-corrected chi connectivity index (χ2v) is 7.91. The van der Waals surface area contributed by atoms with Gasteiger partial charge in [0.05, 0.1) is 0 Å². The molecule has 0 bridgehead atoms. The topological polar surface area (TPSA) is 76.7 Å². The van der Waals surface area contributed by atoms with Gasteiger partial charge in [-0.05, 0) is 56.3 Å². The number of halogens is 2. The summed E-state index contributed by atoms with van der Waals surface area (Å²) in [7, 11) is 0. The van der Waals surface area contributed by atoms with Crippen molar-refractivity contribution in [2.75, 3.05) is 5.32 Å². The molecule has 3 aromatic carbocycles. The van der Waals surface area contributed by atoms with Gasteiger partial charge in [-0.3, -0.25) is 10.1 Å². The average Bonchev–Trinajstić information content (AvgIpc) is 3.04. The Labute approximate surface area is 183 Å². The van der Waals surface area contributed by atoms with Crippen LogP contribution in [0.5, 0.6) is 17.2 Å². The molecule has 3 aromatic rings. The highest BCUT2D eigenvalue weighted by molar-refractivity contribution is 6.08. The quantitative estimate of drug-likeness (QED) is 0.569. The first-order chi connectivity index (χ1) is 15.2. The monoisotopic (exact) mass is 438 g/mol. The molecule has 0 aromatic heterocycles. The third-order valence-corrected chi connectivity index (χ3v) is 4.81. The predicted molar refractivity (Wildman–Crippen MR) is 114 cm³/mol. The number of amides is 3. The number of rotatable bonds is 4. The number of para-hydroxylation sites is 1. The standard InChI is InChI=1S/C24H20F2N2O4/c1-24(2)13-14-5-3-8-19(21(14)32-24)31-16-11-9-15(10-12-16)27-23(30)28-22(29)20-17(25)6-4-7-18(20)26/h3-12H,13H2,1-2H3,(H2,27,28,29,30). The van der Waals surface area contributed by atoms with Gasteiger partial charge >= 0.3 is 6.03 Å². The second kappa shape index (κ2) is 8.30. The van der Waals surface area contributed by atoms with Crippen molar-refractivity contribution >= 4 is 17.6 Å². The number of ether oxygens (including phenoxy) is 2. The van der Waals surface area contributed by atoms with E-state index in [0.717, 1.165) is 30.2 Å². The SMILES string of the molecule is CC1(C)Cc2cccc(Oc3ccc(NC(=O)NC(=O)c4c(F)cccc4F)cc3)c2O1. The van der Waals surface area contributed by atoms with Crippen molar-refractivity contribution in [3.8, 4) is 17.2 Å². The smallest absolute Gasteiger partial charge is 0.326 e. The number of benzene rings is 3. The van der Waals surface area contributed by atoms with Crippen LogP contribution in [0.15, 0.2) is 60.7 Å². The van der Waals surface area contributed by atoms with E-state index in [2.05, 4.69) is 5.32 Å². The first-order valence-corrected chi connectivity index (χ1v) is 9.87. The van der Waals surface area contributed by atoms with E-state index in [4.69, 9.17) is 9.47 Å². The molecule has 0 fully saturated rings. The molecule has 4 rings (SSSR count). The fourth-order valence-electron chi connectivity index (χ4n) is 3.44. The summed E-state index contributed by atoms with van der Waals surface area (Å²) in [4.78, 5) is 24.0. The number of fused-ring (bicyclic) bond motifs is 1. The normalized spacial score (nSPS) is 13.6. The van der Waals surface area contributed by atoms with Gasteiger partial charge in [-0.1, -0.05) is 18.2 Å². The van der Waals surface area contributed by atoms with Crippen LogP contribution in [0.3, 0.4) is 0 Å². The number of imide groups is 1.